The van der Waals surface area contributed by atoms with E-state index in [2.05, 4.69) is 17.9 Å². The normalized spacial score (nSPS) is 26.0. The van der Waals surface area contributed by atoms with Crippen LogP contribution in [-0.4, -0.2) is 28.6 Å². The number of Topliss-reactive ketones (excluding diaryl/α,β-unsaturated/α-hetero) is 2. The summed E-state index contributed by atoms with van der Waals surface area (Å²) in [6.45, 7) is 7.24. The molecule has 0 aliphatic heterocycles. The Bertz CT molecular complexity index is 482. The van der Waals surface area contributed by atoms with Gasteiger partial charge in [0.25, 0.3) is 5.79 Å². The second-order valence-electron chi connectivity index (χ2n) is 5.26. The number of amides is 1. The molecule has 0 spiro atoms. The largest absolute Gasteiger partial charge is 0.409 e. The molecule has 1 rings (SSSR count). The van der Waals surface area contributed by atoms with Crippen LogP contribution in [0, 0.1) is 0 Å². The van der Waals surface area contributed by atoms with E-state index in [1.807, 2.05) is 0 Å². The van der Waals surface area contributed by atoms with Gasteiger partial charge in [-0.15, -0.1) is 0 Å². The Kier molecular flexibility index (Phi) is 5.84. The molecule has 0 aromatic carbocycles. The van der Waals surface area contributed by atoms with Crippen LogP contribution in [0.2, 0.25) is 0 Å². The fourth-order valence-corrected chi connectivity index (χ4v) is 2.23. The summed E-state index contributed by atoms with van der Waals surface area (Å²) in [6.07, 6.45) is 2.19. The van der Waals surface area contributed by atoms with E-state index < -0.39 is 29.9 Å². The van der Waals surface area contributed by atoms with Crippen LogP contribution in [0.25, 0.3) is 0 Å². The molecule has 116 valence electrons. The van der Waals surface area contributed by atoms with Crippen LogP contribution >= 0.6 is 0 Å². The summed E-state index contributed by atoms with van der Waals surface area (Å²) in [4.78, 5) is 35.1. The maximum absolute atomic E-state index is 12.2. The number of primary amides is 1. The maximum atomic E-state index is 12.2. The molecule has 0 radical (unpaired) electrons. The van der Waals surface area contributed by atoms with E-state index in [0.717, 1.165) is 25.7 Å². The van der Waals surface area contributed by atoms with Gasteiger partial charge in [0.1, 0.15) is 0 Å². The molecule has 6 nitrogen and oxygen atoms in total. The Morgan fingerprint density at radius 1 is 1.10 bits per heavy atom. The average molecular weight is 295 g/mol. The molecule has 1 aliphatic rings. The first-order valence-electron chi connectivity index (χ1n) is 6.90. The van der Waals surface area contributed by atoms with Gasteiger partial charge in [-0.1, -0.05) is 26.0 Å². The van der Waals surface area contributed by atoms with Gasteiger partial charge in [-0.2, -0.15) is 0 Å². The standard InChI is InChI=1S/C15H21NO5/c1-10-7-5-3-4-6-8-11(2)13(18)15(20,9-12(10)17)21-14(16)19/h20H,1-9H2,(H2,16,19). The lowest BCUT2D eigenvalue weighted by Crippen LogP contribution is -2.47. The molecule has 1 fully saturated rings. The van der Waals surface area contributed by atoms with Crippen molar-refractivity contribution >= 4 is 17.7 Å². The van der Waals surface area contributed by atoms with E-state index in [1.165, 1.54) is 0 Å². The lowest BCUT2D eigenvalue weighted by Gasteiger charge is -2.26. The molecule has 0 bridgehead atoms. The predicted molar refractivity (Wildman–Crippen MR) is 76.2 cm³/mol. The van der Waals surface area contributed by atoms with Gasteiger partial charge in [0.15, 0.2) is 5.78 Å². The zero-order chi connectivity index (χ0) is 16.0. The molecule has 1 saturated carbocycles. The monoisotopic (exact) mass is 295 g/mol. The Labute approximate surface area is 123 Å². The highest BCUT2D eigenvalue weighted by Gasteiger charge is 2.43. The first kappa shape index (κ1) is 17.1. The van der Waals surface area contributed by atoms with Crippen LogP contribution in [0.1, 0.15) is 44.9 Å². The van der Waals surface area contributed by atoms with E-state index in [1.54, 1.807) is 0 Å². The van der Waals surface area contributed by atoms with Crippen molar-refractivity contribution in [2.24, 2.45) is 5.73 Å². The molecular weight excluding hydrogens is 274 g/mol. The second kappa shape index (κ2) is 7.17. The van der Waals surface area contributed by atoms with Crippen molar-refractivity contribution in [3.63, 3.8) is 0 Å². The number of carbonyl (C=O) groups is 3. The molecule has 0 aromatic heterocycles. The van der Waals surface area contributed by atoms with Crippen LogP contribution < -0.4 is 5.73 Å². The number of carbonyl (C=O) groups excluding carboxylic acids is 3. The maximum Gasteiger partial charge on any atom is 0.407 e. The molecule has 1 amide bonds. The van der Waals surface area contributed by atoms with Gasteiger partial charge in [0.2, 0.25) is 5.78 Å². The van der Waals surface area contributed by atoms with Gasteiger partial charge in [0, 0.05) is 0 Å². The highest BCUT2D eigenvalue weighted by molar-refractivity contribution is 6.06. The molecule has 1 unspecified atom stereocenters. The number of nitrogens with two attached hydrogens (primary N) is 1. The van der Waals surface area contributed by atoms with E-state index in [0.29, 0.717) is 18.4 Å². The van der Waals surface area contributed by atoms with Crippen molar-refractivity contribution in [3.8, 4) is 0 Å². The first-order valence-corrected chi connectivity index (χ1v) is 6.90. The van der Waals surface area contributed by atoms with E-state index >= 15 is 0 Å². The van der Waals surface area contributed by atoms with E-state index in [-0.39, 0.29) is 5.57 Å². The van der Waals surface area contributed by atoms with Crippen LogP contribution in [-0.2, 0) is 14.3 Å². The van der Waals surface area contributed by atoms with Crippen molar-refractivity contribution in [2.75, 3.05) is 0 Å². The van der Waals surface area contributed by atoms with Crippen molar-refractivity contribution < 1.29 is 24.2 Å². The van der Waals surface area contributed by atoms with Crippen molar-refractivity contribution in [3.05, 3.63) is 24.3 Å². The minimum absolute atomic E-state index is 0.109. The van der Waals surface area contributed by atoms with Crippen LogP contribution in [0.4, 0.5) is 4.79 Å². The zero-order valence-corrected chi connectivity index (χ0v) is 12.0. The number of ether oxygens (including phenoxy) is 1. The Morgan fingerprint density at radius 3 is 2.14 bits per heavy atom. The second-order valence-corrected chi connectivity index (χ2v) is 5.26. The fourth-order valence-electron chi connectivity index (χ4n) is 2.23. The number of hydrogen-bond acceptors (Lipinski definition) is 5. The van der Waals surface area contributed by atoms with Gasteiger partial charge in [-0.3, -0.25) is 9.59 Å². The molecule has 1 aliphatic carbocycles. The zero-order valence-electron chi connectivity index (χ0n) is 12.0. The smallest absolute Gasteiger partial charge is 0.407 e. The summed E-state index contributed by atoms with van der Waals surface area (Å²) in [5.74, 6) is -4.01. The fraction of sp³-hybridized carbons (Fsp3) is 0.533. The van der Waals surface area contributed by atoms with Crippen molar-refractivity contribution in [1.82, 2.24) is 0 Å². The lowest BCUT2D eigenvalue weighted by molar-refractivity contribution is -0.181. The lowest BCUT2D eigenvalue weighted by atomic mass is 9.91. The third-order valence-electron chi connectivity index (χ3n) is 3.45. The van der Waals surface area contributed by atoms with Gasteiger partial charge in [-0.25, -0.2) is 4.79 Å². The Balaban J connectivity index is 3.03. The summed E-state index contributed by atoms with van der Waals surface area (Å²) in [5.41, 5.74) is 5.28. The first-order chi connectivity index (χ1) is 9.76. The topological polar surface area (TPSA) is 107 Å². The SMILES string of the molecule is C=C1CCCCCCC(=C)C(=O)C(O)(OC(N)=O)CC1=O. The van der Waals surface area contributed by atoms with Gasteiger partial charge < -0.3 is 15.6 Å². The van der Waals surface area contributed by atoms with Crippen LogP contribution in [0.15, 0.2) is 24.3 Å². The number of allylic oxidation sites excluding steroid dienone is 1. The summed E-state index contributed by atoms with van der Waals surface area (Å²) < 4.78 is 4.51. The summed E-state index contributed by atoms with van der Waals surface area (Å²) in [5, 5.41) is 10.3. The van der Waals surface area contributed by atoms with Gasteiger partial charge in [0.05, 0.1) is 6.42 Å². The highest BCUT2D eigenvalue weighted by Crippen LogP contribution is 2.25. The Morgan fingerprint density at radius 2 is 1.62 bits per heavy atom. The third kappa shape index (κ3) is 4.82. The molecule has 1 atom stereocenters. The summed E-state index contributed by atoms with van der Waals surface area (Å²) >= 11 is 0. The number of ketones is 2. The minimum Gasteiger partial charge on any atom is -0.409 e. The van der Waals surface area contributed by atoms with Crippen molar-refractivity contribution in [2.45, 2.75) is 50.7 Å². The van der Waals surface area contributed by atoms with E-state index in [9.17, 15) is 19.5 Å². The average Bonchev–Trinajstić information content (AvgIpc) is 2.39. The molecule has 21 heavy (non-hydrogen) atoms. The highest BCUT2D eigenvalue weighted by atomic mass is 16.7. The van der Waals surface area contributed by atoms with Crippen LogP contribution in [0.3, 0.4) is 0 Å². The molecule has 0 saturated heterocycles. The minimum atomic E-state index is -2.60. The molecular formula is C15H21NO5. The molecule has 6 heteroatoms. The molecule has 0 heterocycles. The predicted octanol–water partition coefficient (Wildman–Crippen LogP) is 1.77. The third-order valence-corrected chi connectivity index (χ3v) is 3.45. The van der Waals surface area contributed by atoms with Crippen LogP contribution in [0.5, 0.6) is 0 Å². The van der Waals surface area contributed by atoms with E-state index in [4.69, 9.17) is 5.73 Å². The number of hydrogen-bond donors (Lipinski definition) is 2. The van der Waals surface area contributed by atoms with Gasteiger partial charge >= 0.3 is 6.09 Å². The van der Waals surface area contributed by atoms with Crippen molar-refractivity contribution in [1.29, 1.82) is 0 Å². The number of rotatable bonds is 1. The Hall–Kier alpha value is -1.95. The summed E-state index contributed by atoms with van der Waals surface area (Å²) in [6, 6.07) is 0. The van der Waals surface area contributed by atoms with Gasteiger partial charge in [-0.05, 0) is 36.8 Å². The summed E-state index contributed by atoms with van der Waals surface area (Å²) in [7, 11) is 0. The molecule has 3 N–H and O–H groups in total. The molecule has 0 aromatic rings. The quantitative estimate of drug-likeness (QED) is 0.566. The number of aliphatic hydroxyl groups is 1.